The average Bonchev–Trinajstić information content (AvgIpc) is 2.84. The van der Waals surface area contributed by atoms with Crippen molar-refractivity contribution in [1.29, 1.82) is 0 Å². The molecule has 5 heterocycles. The number of piperidine rings is 1. The maximum absolute atomic E-state index is 12.6. The van der Waals surface area contributed by atoms with E-state index < -0.39 is 12.1 Å². The molecule has 0 atom stereocenters. The molecular formula is C23H22F3N7O2. The zero-order valence-corrected chi connectivity index (χ0v) is 18.8. The molecule has 2 saturated heterocycles. The van der Waals surface area contributed by atoms with E-state index in [1.165, 1.54) is 6.20 Å². The van der Waals surface area contributed by atoms with Crippen LogP contribution in [0.25, 0.3) is 11.4 Å². The number of hydrogen-bond donors (Lipinski definition) is 1. The van der Waals surface area contributed by atoms with Crippen molar-refractivity contribution in [3.05, 3.63) is 48.9 Å². The van der Waals surface area contributed by atoms with Gasteiger partial charge in [0.2, 0.25) is 5.91 Å². The summed E-state index contributed by atoms with van der Waals surface area (Å²) in [5, 5.41) is 2.95. The van der Waals surface area contributed by atoms with E-state index >= 15 is 0 Å². The molecule has 0 saturated carbocycles. The summed E-state index contributed by atoms with van der Waals surface area (Å²) in [6.45, 7) is 2.06. The maximum atomic E-state index is 12.6. The summed E-state index contributed by atoms with van der Waals surface area (Å²) in [5.41, 5.74) is 0.401. The fraction of sp³-hybridized carbons (Fsp3) is 0.348. The van der Waals surface area contributed by atoms with Gasteiger partial charge in [-0.1, -0.05) is 0 Å². The largest absolute Gasteiger partial charge is 0.573 e. The molecular weight excluding hydrogens is 463 g/mol. The second-order valence-corrected chi connectivity index (χ2v) is 8.65. The standard InChI is InChI=1S/C23H22F3N7O2/c1-32-14-22(21(32)34)5-9-33(10-6-22)19-12-18(30-20(31-19)15-3-2-7-27-13-15)29-17-11-16(4-8-28-17)35-23(24,25)26/h2-4,7-8,11-13H,5-6,9-10,14H2,1H3,(H,28,29,30,31). The van der Waals surface area contributed by atoms with Crippen LogP contribution in [0.5, 0.6) is 5.75 Å². The van der Waals surface area contributed by atoms with Crippen LogP contribution in [-0.4, -0.2) is 63.8 Å². The third-order valence-corrected chi connectivity index (χ3v) is 6.24. The summed E-state index contributed by atoms with van der Waals surface area (Å²) in [5.74, 6) is 1.32. The molecule has 0 aliphatic carbocycles. The number of alkyl halides is 3. The number of nitrogens with zero attached hydrogens (tertiary/aromatic N) is 6. The summed E-state index contributed by atoms with van der Waals surface area (Å²) in [6, 6.07) is 7.56. The SMILES string of the molecule is CN1CC2(CCN(c3cc(Nc4cc(OC(F)(F)F)ccn4)nc(-c4cccnc4)n3)CC2)C1=O. The minimum Gasteiger partial charge on any atom is -0.406 e. The molecule has 3 aromatic heterocycles. The number of anilines is 3. The normalized spacial score (nSPS) is 17.3. The van der Waals surface area contributed by atoms with Crippen LogP contribution in [0, 0.1) is 5.41 Å². The Morgan fingerprint density at radius 2 is 1.89 bits per heavy atom. The molecule has 182 valence electrons. The molecule has 9 nitrogen and oxygen atoms in total. The Bertz CT molecular complexity index is 1230. The minimum atomic E-state index is -4.81. The number of halogens is 3. The smallest absolute Gasteiger partial charge is 0.406 e. The molecule has 0 bridgehead atoms. The number of amides is 1. The minimum absolute atomic E-state index is 0.134. The van der Waals surface area contributed by atoms with Crippen molar-refractivity contribution in [2.45, 2.75) is 19.2 Å². The Hall–Kier alpha value is -3.96. The summed E-state index contributed by atoms with van der Waals surface area (Å²) >= 11 is 0. The Morgan fingerprint density at radius 1 is 1.09 bits per heavy atom. The fourth-order valence-corrected chi connectivity index (χ4v) is 4.54. The van der Waals surface area contributed by atoms with Gasteiger partial charge >= 0.3 is 6.36 Å². The van der Waals surface area contributed by atoms with Crippen LogP contribution in [0.15, 0.2) is 48.9 Å². The average molecular weight is 485 g/mol. The monoisotopic (exact) mass is 485 g/mol. The second kappa shape index (κ2) is 8.67. The van der Waals surface area contributed by atoms with Crippen molar-refractivity contribution in [2.75, 3.05) is 36.9 Å². The van der Waals surface area contributed by atoms with Gasteiger partial charge in [0.15, 0.2) is 5.82 Å². The van der Waals surface area contributed by atoms with Gasteiger partial charge in [-0.05, 0) is 31.0 Å². The van der Waals surface area contributed by atoms with E-state index in [2.05, 4.69) is 29.9 Å². The first kappa shape index (κ1) is 22.8. The Balaban J connectivity index is 1.42. The summed E-state index contributed by atoms with van der Waals surface area (Å²) in [6.07, 6.45) is 1.13. The van der Waals surface area contributed by atoms with E-state index in [9.17, 15) is 18.0 Å². The Labute approximate surface area is 199 Å². The van der Waals surface area contributed by atoms with Gasteiger partial charge in [-0.25, -0.2) is 15.0 Å². The zero-order chi connectivity index (χ0) is 24.6. The number of β-lactam (4-membered cyclic amide) rings is 1. The highest BCUT2D eigenvalue weighted by atomic mass is 19.4. The molecule has 2 aliphatic rings. The van der Waals surface area contributed by atoms with E-state index in [-0.39, 0.29) is 17.1 Å². The van der Waals surface area contributed by atoms with Gasteiger partial charge in [-0.3, -0.25) is 9.78 Å². The van der Waals surface area contributed by atoms with Crippen LogP contribution in [0.3, 0.4) is 0 Å². The molecule has 0 unspecified atom stereocenters. The second-order valence-electron chi connectivity index (χ2n) is 8.65. The number of aromatic nitrogens is 4. The van der Waals surface area contributed by atoms with E-state index in [1.807, 2.05) is 13.1 Å². The molecule has 1 amide bonds. The molecule has 5 rings (SSSR count). The highest BCUT2D eigenvalue weighted by Gasteiger charge is 2.51. The van der Waals surface area contributed by atoms with Crippen molar-refractivity contribution in [1.82, 2.24) is 24.8 Å². The zero-order valence-electron chi connectivity index (χ0n) is 18.8. The third kappa shape index (κ3) is 4.81. The van der Waals surface area contributed by atoms with Gasteiger partial charge < -0.3 is 19.9 Å². The lowest BCUT2D eigenvalue weighted by atomic mass is 9.71. The first-order valence-electron chi connectivity index (χ1n) is 11.0. The number of hydrogen-bond acceptors (Lipinski definition) is 8. The lowest BCUT2D eigenvalue weighted by Crippen LogP contribution is -2.63. The topological polar surface area (TPSA) is 96.4 Å². The molecule has 3 aromatic rings. The molecule has 2 fully saturated rings. The lowest BCUT2D eigenvalue weighted by molar-refractivity contribution is -0.274. The number of likely N-dealkylation sites (tertiary alicyclic amines) is 1. The molecule has 12 heteroatoms. The fourth-order valence-electron chi connectivity index (χ4n) is 4.54. The molecule has 1 N–H and O–H groups in total. The van der Waals surface area contributed by atoms with E-state index in [0.29, 0.717) is 36.1 Å². The van der Waals surface area contributed by atoms with Crippen molar-refractivity contribution in [2.24, 2.45) is 5.41 Å². The number of ether oxygens (including phenoxy) is 1. The number of nitrogens with one attached hydrogen (secondary N) is 1. The van der Waals surface area contributed by atoms with Gasteiger partial charge in [0, 0.05) is 63.0 Å². The van der Waals surface area contributed by atoms with Gasteiger partial charge in [-0.15, -0.1) is 13.2 Å². The summed E-state index contributed by atoms with van der Waals surface area (Å²) in [4.78, 5) is 33.6. The number of rotatable bonds is 5. The molecule has 1 spiro atoms. The Kier molecular flexibility index (Phi) is 5.65. The first-order valence-corrected chi connectivity index (χ1v) is 11.0. The third-order valence-electron chi connectivity index (χ3n) is 6.24. The van der Waals surface area contributed by atoms with Crippen molar-refractivity contribution in [3.8, 4) is 17.1 Å². The molecule has 2 aliphatic heterocycles. The van der Waals surface area contributed by atoms with Crippen LogP contribution < -0.4 is 15.0 Å². The van der Waals surface area contributed by atoms with Crippen molar-refractivity contribution >= 4 is 23.4 Å². The highest BCUT2D eigenvalue weighted by Crippen LogP contribution is 2.42. The van der Waals surface area contributed by atoms with Crippen LogP contribution in [-0.2, 0) is 4.79 Å². The quantitative estimate of drug-likeness (QED) is 0.548. The van der Waals surface area contributed by atoms with E-state index in [4.69, 9.17) is 4.98 Å². The Morgan fingerprint density at radius 3 is 2.54 bits per heavy atom. The predicted octanol–water partition coefficient (Wildman–Crippen LogP) is 3.63. The van der Waals surface area contributed by atoms with Crippen molar-refractivity contribution in [3.63, 3.8) is 0 Å². The number of carbonyl (C=O) groups is 1. The van der Waals surface area contributed by atoms with Gasteiger partial charge in [0.25, 0.3) is 0 Å². The van der Waals surface area contributed by atoms with Crippen LogP contribution >= 0.6 is 0 Å². The summed E-state index contributed by atoms with van der Waals surface area (Å²) in [7, 11) is 1.81. The van der Waals surface area contributed by atoms with Crippen LogP contribution in [0.2, 0.25) is 0 Å². The summed E-state index contributed by atoms with van der Waals surface area (Å²) < 4.78 is 41.8. The van der Waals surface area contributed by atoms with Gasteiger partial charge in [0.1, 0.15) is 23.2 Å². The lowest BCUT2D eigenvalue weighted by Gasteiger charge is -2.51. The van der Waals surface area contributed by atoms with E-state index in [1.54, 1.807) is 29.4 Å². The van der Waals surface area contributed by atoms with Gasteiger partial charge in [-0.2, -0.15) is 0 Å². The van der Waals surface area contributed by atoms with Gasteiger partial charge in [0.05, 0.1) is 5.41 Å². The van der Waals surface area contributed by atoms with E-state index in [0.717, 1.165) is 31.5 Å². The highest BCUT2D eigenvalue weighted by molar-refractivity contribution is 5.88. The van der Waals surface area contributed by atoms with Crippen LogP contribution in [0.4, 0.5) is 30.6 Å². The molecule has 0 radical (unpaired) electrons. The number of pyridine rings is 2. The molecule has 35 heavy (non-hydrogen) atoms. The number of carbonyl (C=O) groups excluding carboxylic acids is 1. The predicted molar refractivity (Wildman–Crippen MR) is 121 cm³/mol. The molecule has 0 aromatic carbocycles. The van der Waals surface area contributed by atoms with Crippen molar-refractivity contribution < 1.29 is 22.7 Å². The maximum Gasteiger partial charge on any atom is 0.573 e. The van der Waals surface area contributed by atoms with Crippen LogP contribution in [0.1, 0.15) is 12.8 Å². The first-order chi connectivity index (χ1) is 16.7.